The summed E-state index contributed by atoms with van der Waals surface area (Å²) in [5.74, 6) is 2.18. The number of nitrogens with zero attached hydrogens (tertiary/aromatic N) is 2. The SMILES string of the molecule is CCNC(=NCC(CC(C)C)N(C)C)NCCCOCC1CCOC1.I. The minimum Gasteiger partial charge on any atom is -0.381 e. The van der Waals surface area contributed by atoms with Gasteiger partial charge in [0.1, 0.15) is 0 Å². The average Bonchev–Trinajstić information content (AvgIpc) is 3.07. The molecular formula is C19H41IN4O2. The number of halogens is 1. The lowest BCUT2D eigenvalue weighted by Crippen LogP contribution is -2.40. The lowest BCUT2D eigenvalue weighted by atomic mass is 10.0. The molecule has 2 unspecified atom stereocenters. The summed E-state index contributed by atoms with van der Waals surface area (Å²) in [6.07, 6.45) is 3.29. The van der Waals surface area contributed by atoms with Crippen molar-refractivity contribution in [1.29, 1.82) is 0 Å². The Morgan fingerprint density at radius 1 is 1.31 bits per heavy atom. The molecule has 0 aromatic carbocycles. The Balaban J connectivity index is 0.00000625. The summed E-state index contributed by atoms with van der Waals surface area (Å²) in [4.78, 5) is 7.04. The van der Waals surface area contributed by atoms with E-state index in [0.717, 1.165) is 71.3 Å². The van der Waals surface area contributed by atoms with Crippen LogP contribution < -0.4 is 10.6 Å². The fraction of sp³-hybridized carbons (Fsp3) is 0.947. The largest absolute Gasteiger partial charge is 0.381 e. The molecule has 0 aromatic heterocycles. The first kappa shape index (κ1) is 25.9. The minimum atomic E-state index is 0. The van der Waals surface area contributed by atoms with Crippen LogP contribution in [0.2, 0.25) is 0 Å². The highest BCUT2D eigenvalue weighted by Crippen LogP contribution is 2.12. The van der Waals surface area contributed by atoms with Crippen molar-refractivity contribution in [1.82, 2.24) is 15.5 Å². The van der Waals surface area contributed by atoms with E-state index in [-0.39, 0.29) is 24.0 Å². The molecule has 26 heavy (non-hydrogen) atoms. The molecule has 1 aliphatic rings. The highest BCUT2D eigenvalue weighted by molar-refractivity contribution is 14.0. The molecule has 7 heteroatoms. The Bertz CT molecular complexity index is 361. The van der Waals surface area contributed by atoms with Crippen LogP contribution in [0.3, 0.4) is 0 Å². The van der Waals surface area contributed by atoms with Gasteiger partial charge < -0.3 is 25.0 Å². The van der Waals surface area contributed by atoms with Gasteiger partial charge in [0, 0.05) is 38.3 Å². The highest BCUT2D eigenvalue weighted by atomic mass is 127. The Kier molecular flexibility index (Phi) is 15.8. The van der Waals surface area contributed by atoms with Gasteiger partial charge in [-0.25, -0.2) is 0 Å². The van der Waals surface area contributed by atoms with E-state index in [0.29, 0.717) is 17.9 Å². The molecule has 6 nitrogen and oxygen atoms in total. The van der Waals surface area contributed by atoms with Crippen molar-refractivity contribution in [3.05, 3.63) is 0 Å². The van der Waals surface area contributed by atoms with Gasteiger partial charge in [-0.1, -0.05) is 13.8 Å². The van der Waals surface area contributed by atoms with E-state index >= 15 is 0 Å². The van der Waals surface area contributed by atoms with Gasteiger partial charge in [0.25, 0.3) is 0 Å². The molecule has 0 spiro atoms. The van der Waals surface area contributed by atoms with Gasteiger partial charge in [0.05, 0.1) is 19.8 Å². The maximum Gasteiger partial charge on any atom is 0.191 e. The number of nitrogens with one attached hydrogen (secondary N) is 2. The van der Waals surface area contributed by atoms with E-state index in [1.165, 1.54) is 0 Å². The van der Waals surface area contributed by atoms with Crippen LogP contribution >= 0.6 is 24.0 Å². The zero-order valence-corrected chi connectivity index (χ0v) is 19.8. The zero-order chi connectivity index (χ0) is 18.5. The van der Waals surface area contributed by atoms with Crippen molar-refractivity contribution in [3.8, 4) is 0 Å². The van der Waals surface area contributed by atoms with Crippen molar-refractivity contribution < 1.29 is 9.47 Å². The number of aliphatic imine (C=N–C) groups is 1. The topological polar surface area (TPSA) is 58.1 Å². The summed E-state index contributed by atoms with van der Waals surface area (Å²) < 4.78 is 11.1. The first-order valence-electron chi connectivity index (χ1n) is 9.87. The first-order chi connectivity index (χ1) is 12.0. The van der Waals surface area contributed by atoms with Gasteiger partial charge in [-0.2, -0.15) is 0 Å². The Hall–Kier alpha value is -0.120. The second kappa shape index (κ2) is 15.9. The van der Waals surface area contributed by atoms with Crippen LogP contribution in [0, 0.1) is 11.8 Å². The molecule has 2 N–H and O–H groups in total. The number of guanidine groups is 1. The van der Waals surface area contributed by atoms with Crippen LogP contribution in [0.5, 0.6) is 0 Å². The second-order valence-electron chi connectivity index (χ2n) is 7.55. The van der Waals surface area contributed by atoms with E-state index < -0.39 is 0 Å². The predicted octanol–water partition coefficient (Wildman–Crippen LogP) is 2.58. The number of ether oxygens (including phenoxy) is 2. The normalized spacial score (nSPS) is 18.9. The van der Waals surface area contributed by atoms with E-state index in [1.54, 1.807) is 0 Å². The monoisotopic (exact) mass is 484 g/mol. The quantitative estimate of drug-likeness (QED) is 0.193. The summed E-state index contributed by atoms with van der Waals surface area (Å²) >= 11 is 0. The summed E-state index contributed by atoms with van der Waals surface area (Å²) in [6, 6.07) is 0.479. The molecule has 0 bridgehead atoms. The van der Waals surface area contributed by atoms with Gasteiger partial charge in [-0.15, -0.1) is 24.0 Å². The van der Waals surface area contributed by atoms with Crippen LogP contribution in [-0.4, -0.2) is 77.1 Å². The molecule has 0 amide bonds. The molecule has 1 fully saturated rings. The van der Waals surface area contributed by atoms with Gasteiger partial charge in [-0.05, 0) is 46.2 Å². The molecule has 0 saturated carbocycles. The summed E-state index contributed by atoms with van der Waals surface area (Å²) in [5, 5.41) is 6.74. The smallest absolute Gasteiger partial charge is 0.191 e. The van der Waals surface area contributed by atoms with Crippen LogP contribution in [0.25, 0.3) is 0 Å². The third-order valence-corrected chi connectivity index (χ3v) is 4.41. The van der Waals surface area contributed by atoms with E-state index in [9.17, 15) is 0 Å². The number of rotatable bonds is 12. The first-order valence-corrected chi connectivity index (χ1v) is 9.87. The van der Waals surface area contributed by atoms with Crippen LogP contribution in [0.4, 0.5) is 0 Å². The molecule has 1 rings (SSSR count). The van der Waals surface area contributed by atoms with Crippen LogP contribution in [0.1, 0.15) is 40.0 Å². The Morgan fingerprint density at radius 3 is 2.65 bits per heavy atom. The highest BCUT2D eigenvalue weighted by Gasteiger charge is 2.15. The summed E-state index contributed by atoms with van der Waals surface area (Å²) in [5.41, 5.74) is 0. The van der Waals surface area contributed by atoms with E-state index in [2.05, 4.69) is 50.4 Å². The number of likely N-dealkylation sites (N-methyl/N-ethyl adjacent to an activating group) is 1. The van der Waals surface area contributed by atoms with Crippen molar-refractivity contribution in [2.24, 2.45) is 16.8 Å². The van der Waals surface area contributed by atoms with Crippen molar-refractivity contribution >= 4 is 29.9 Å². The molecule has 2 atom stereocenters. The van der Waals surface area contributed by atoms with E-state index in [1.807, 2.05) is 0 Å². The molecule has 0 aliphatic carbocycles. The third-order valence-electron chi connectivity index (χ3n) is 4.41. The van der Waals surface area contributed by atoms with Crippen molar-refractivity contribution in [3.63, 3.8) is 0 Å². The number of hydrogen-bond acceptors (Lipinski definition) is 4. The molecule has 0 radical (unpaired) electrons. The van der Waals surface area contributed by atoms with Gasteiger partial charge in [0.2, 0.25) is 0 Å². The van der Waals surface area contributed by atoms with E-state index in [4.69, 9.17) is 14.5 Å². The minimum absolute atomic E-state index is 0. The predicted molar refractivity (Wildman–Crippen MR) is 121 cm³/mol. The third kappa shape index (κ3) is 12.3. The summed E-state index contributed by atoms with van der Waals surface area (Å²) in [7, 11) is 4.27. The van der Waals surface area contributed by atoms with Crippen LogP contribution in [-0.2, 0) is 9.47 Å². The van der Waals surface area contributed by atoms with Gasteiger partial charge in [-0.3, -0.25) is 4.99 Å². The van der Waals surface area contributed by atoms with Crippen molar-refractivity contribution in [2.45, 2.75) is 46.1 Å². The average molecular weight is 484 g/mol. The standard InChI is InChI=1S/C19H40N4O2.HI/c1-6-20-19(22-13-18(23(4)5)12-16(2)3)21-9-7-10-24-14-17-8-11-25-15-17;/h16-18H,6-15H2,1-5H3,(H2,20,21,22);1H. The van der Waals surface area contributed by atoms with Gasteiger partial charge in [0.15, 0.2) is 5.96 Å². The zero-order valence-electron chi connectivity index (χ0n) is 17.4. The summed E-state index contributed by atoms with van der Waals surface area (Å²) in [6.45, 7) is 12.6. The van der Waals surface area contributed by atoms with Crippen LogP contribution in [0.15, 0.2) is 4.99 Å². The lowest BCUT2D eigenvalue weighted by Gasteiger charge is -2.24. The molecule has 1 heterocycles. The fourth-order valence-corrected chi connectivity index (χ4v) is 2.88. The lowest BCUT2D eigenvalue weighted by molar-refractivity contribution is 0.0888. The number of hydrogen-bond donors (Lipinski definition) is 2. The molecular weight excluding hydrogens is 443 g/mol. The van der Waals surface area contributed by atoms with Crippen molar-refractivity contribution in [2.75, 3.05) is 60.2 Å². The Labute approximate surface area is 177 Å². The van der Waals surface area contributed by atoms with Gasteiger partial charge >= 0.3 is 0 Å². The fourth-order valence-electron chi connectivity index (χ4n) is 2.88. The molecule has 156 valence electrons. The molecule has 1 aliphatic heterocycles. The maximum atomic E-state index is 5.75. The Morgan fingerprint density at radius 2 is 2.08 bits per heavy atom. The maximum absolute atomic E-state index is 5.75. The molecule has 1 saturated heterocycles. The molecule has 0 aromatic rings. The second-order valence-corrected chi connectivity index (χ2v) is 7.55.